The number of nitrogens with zero attached hydrogens (tertiary/aromatic N) is 1. The van der Waals surface area contributed by atoms with E-state index in [2.05, 4.69) is 45.2 Å². The lowest BCUT2D eigenvalue weighted by molar-refractivity contribution is -0.123. The molecule has 6 nitrogen and oxygen atoms in total. The highest BCUT2D eigenvalue weighted by Crippen LogP contribution is 2.40. The second-order valence-corrected chi connectivity index (χ2v) is 11.5. The average molecular weight is 732 g/mol. The van der Waals surface area contributed by atoms with Gasteiger partial charge in [0.2, 0.25) is 6.79 Å². The summed E-state index contributed by atoms with van der Waals surface area (Å²) in [6, 6.07) is 17.1. The van der Waals surface area contributed by atoms with Crippen molar-refractivity contribution in [2.45, 2.75) is 13.2 Å². The van der Waals surface area contributed by atoms with Gasteiger partial charge in [-0.15, -0.1) is 0 Å². The quantitative estimate of drug-likeness (QED) is 0.199. The first kappa shape index (κ1) is 24.7. The van der Waals surface area contributed by atoms with E-state index in [0.717, 1.165) is 30.0 Å². The van der Waals surface area contributed by atoms with Crippen LogP contribution in [-0.4, -0.2) is 22.8 Å². The Morgan fingerprint density at radius 2 is 1.80 bits per heavy atom. The number of carbonyl (C=O) groups is 2. The third kappa shape index (κ3) is 5.42. The first-order chi connectivity index (χ1) is 16.9. The van der Waals surface area contributed by atoms with Gasteiger partial charge in [0.05, 0.1) is 15.0 Å². The number of thioether (sulfide) groups is 1. The van der Waals surface area contributed by atoms with E-state index < -0.39 is 0 Å². The van der Waals surface area contributed by atoms with Gasteiger partial charge in [-0.25, -0.2) is 0 Å². The number of ether oxygens (including phenoxy) is 3. The molecule has 5 rings (SSSR count). The molecule has 0 saturated carbocycles. The molecule has 0 unspecified atom stereocenters. The van der Waals surface area contributed by atoms with E-state index in [-0.39, 0.29) is 24.5 Å². The first-order valence-corrected chi connectivity index (χ1v) is 13.7. The third-order valence-corrected chi connectivity index (χ3v) is 7.98. The minimum absolute atomic E-state index is 0.0404. The molecule has 2 heterocycles. The zero-order valence-corrected chi connectivity index (χ0v) is 23.8. The van der Waals surface area contributed by atoms with Gasteiger partial charge in [0.15, 0.2) is 11.5 Å². The molecule has 2 amide bonds. The monoisotopic (exact) mass is 731 g/mol. The van der Waals surface area contributed by atoms with Crippen molar-refractivity contribution in [1.29, 1.82) is 0 Å². The number of fused-ring (bicyclic) bond motifs is 1. The van der Waals surface area contributed by atoms with Crippen LogP contribution in [0, 0.1) is 7.14 Å². The molecule has 1 saturated heterocycles. The highest BCUT2D eigenvalue weighted by Gasteiger charge is 2.36. The molecule has 2 aliphatic heterocycles. The maximum atomic E-state index is 13.2. The minimum atomic E-state index is -0.378. The largest absolute Gasteiger partial charge is 0.487 e. The smallest absolute Gasteiger partial charge is 0.293 e. The van der Waals surface area contributed by atoms with E-state index in [4.69, 9.17) is 25.8 Å². The second kappa shape index (κ2) is 10.6. The summed E-state index contributed by atoms with van der Waals surface area (Å²) in [4.78, 5) is 27.5. The zero-order valence-electron chi connectivity index (χ0n) is 17.9. The summed E-state index contributed by atoms with van der Waals surface area (Å²) >= 11 is 11.7. The Hall–Kier alpha value is -1.96. The Kier molecular flexibility index (Phi) is 7.47. The number of carbonyl (C=O) groups excluding carboxylic acids is 2. The fourth-order valence-corrected chi connectivity index (χ4v) is 6.69. The second-order valence-electron chi connectivity index (χ2n) is 7.64. The van der Waals surface area contributed by atoms with Gasteiger partial charge in [-0.05, 0) is 92.3 Å². The molecule has 0 radical (unpaired) electrons. The van der Waals surface area contributed by atoms with Crippen molar-refractivity contribution in [2.75, 3.05) is 6.79 Å². The number of rotatable bonds is 6. The summed E-state index contributed by atoms with van der Waals surface area (Å²) in [5.74, 6) is 1.38. The molecule has 3 aromatic rings. The van der Waals surface area contributed by atoms with Crippen LogP contribution < -0.4 is 14.2 Å². The highest BCUT2D eigenvalue weighted by atomic mass is 127. The van der Waals surface area contributed by atoms with Crippen molar-refractivity contribution in [3.63, 3.8) is 0 Å². The maximum absolute atomic E-state index is 13.2. The minimum Gasteiger partial charge on any atom is -0.487 e. The number of benzene rings is 3. The predicted octanol–water partition coefficient (Wildman–Crippen LogP) is 7.09. The molecule has 3 aromatic carbocycles. The average Bonchev–Trinajstić information content (AvgIpc) is 3.38. The molecular formula is C25H16ClI2NO5S. The van der Waals surface area contributed by atoms with Crippen molar-refractivity contribution in [3.05, 3.63) is 88.4 Å². The Morgan fingerprint density at radius 1 is 1.06 bits per heavy atom. The van der Waals surface area contributed by atoms with Crippen molar-refractivity contribution in [2.24, 2.45) is 0 Å². The number of amides is 2. The van der Waals surface area contributed by atoms with Gasteiger partial charge >= 0.3 is 0 Å². The standard InChI is InChI=1S/C25H16ClI2NO5S/c26-18-10-21-20(33-13-34-21)7-16(18)11-29-24(30)22(35-25(29)31)8-15-6-17(27)9-19(28)23(15)32-12-14-4-2-1-3-5-14/h1-10H,11-13H2/b22-8+. The van der Waals surface area contributed by atoms with Crippen LogP contribution >= 0.6 is 68.5 Å². The fraction of sp³-hybridized carbons (Fsp3) is 0.120. The SMILES string of the molecule is O=C1S/C(=C/c2cc(I)cc(I)c2OCc2ccccc2)C(=O)N1Cc1cc2c(cc1Cl)OCO2. The summed E-state index contributed by atoms with van der Waals surface area (Å²) in [6.07, 6.45) is 1.72. The lowest BCUT2D eigenvalue weighted by Gasteiger charge is -2.14. The maximum Gasteiger partial charge on any atom is 0.293 e. The molecule has 0 aliphatic carbocycles. The van der Waals surface area contributed by atoms with E-state index >= 15 is 0 Å². The van der Waals surface area contributed by atoms with Crippen LogP contribution in [0.3, 0.4) is 0 Å². The molecule has 0 aromatic heterocycles. The summed E-state index contributed by atoms with van der Waals surface area (Å²) < 4.78 is 18.8. The van der Waals surface area contributed by atoms with Crippen molar-refractivity contribution in [3.8, 4) is 17.2 Å². The summed E-state index contributed by atoms with van der Waals surface area (Å²) in [5.41, 5.74) is 2.38. The van der Waals surface area contributed by atoms with Gasteiger partial charge in [-0.3, -0.25) is 14.5 Å². The Labute approximate surface area is 238 Å². The van der Waals surface area contributed by atoms with Crippen molar-refractivity contribution < 1.29 is 23.8 Å². The van der Waals surface area contributed by atoms with Crippen LogP contribution in [0.4, 0.5) is 4.79 Å². The Bertz CT molecular complexity index is 1370. The van der Waals surface area contributed by atoms with Gasteiger partial charge in [0.25, 0.3) is 11.1 Å². The lowest BCUT2D eigenvalue weighted by atomic mass is 10.1. The summed E-state index contributed by atoms with van der Waals surface area (Å²) in [6.45, 7) is 0.545. The molecular weight excluding hydrogens is 716 g/mol. The normalized spacial score (nSPS) is 15.9. The molecule has 1 fully saturated rings. The van der Waals surface area contributed by atoms with Gasteiger partial charge in [0, 0.05) is 20.2 Å². The topological polar surface area (TPSA) is 65.1 Å². The van der Waals surface area contributed by atoms with E-state index in [1.165, 1.54) is 4.90 Å². The van der Waals surface area contributed by atoms with Gasteiger partial charge < -0.3 is 14.2 Å². The molecule has 0 N–H and O–H groups in total. The summed E-state index contributed by atoms with van der Waals surface area (Å²) in [7, 11) is 0. The molecule has 0 atom stereocenters. The van der Waals surface area contributed by atoms with Crippen LogP contribution in [0.5, 0.6) is 17.2 Å². The van der Waals surface area contributed by atoms with Crippen molar-refractivity contribution >= 4 is 85.8 Å². The lowest BCUT2D eigenvalue weighted by Crippen LogP contribution is -2.27. The first-order valence-electron chi connectivity index (χ1n) is 10.4. The van der Waals surface area contributed by atoms with Crippen LogP contribution in [0.1, 0.15) is 16.7 Å². The van der Waals surface area contributed by atoms with E-state index in [0.29, 0.717) is 39.3 Å². The van der Waals surface area contributed by atoms with E-state index in [9.17, 15) is 9.59 Å². The molecule has 178 valence electrons. The number of hydrogen-bond acceptors (Lipinski definition) is 6. The van der Waals surface area contributed by atoms with Gasteiger partial charge in [0.1, 0.15) is 12.4 Å². The number of halogens is 3. The molecule has 2 aliphatic rings. The van der Waals surface area contributed by atoms with Crippen LogP contribution in [0.2, 0.25) is 5.02 Å². The Morgan fingerprint density at radius 3 is 2.57 bits per heavy atom. The third-order valence-electron chi connectivity index (χ3n) is 5.29. The molecule has 35 heavy (non-hydrogen) atoms. The fourth-order valence-electron chi connectivity index (χ4n) is 3.60. The number of hydrogen-bond donors (Lipinski definition) is 0. The predicted molar refractivity (Wildman–Crippen MR) is 152 cm³/mol. The van der Waals surface area contributed by atoms with E-state index in [1.54, 1.807) is 18.2 Å². The van der Waals surface area contributed by atoms with Crippen LogP contribution in [0.15, 0.2) is 59.5 Å². The van der Waals surface area contributed by atoms with E-state index in [1.807, 2.05) is 42.5 Å². The summed E-state index contributed by atoms with van der Waals surface area (Å²) in [5, 5.41) is 0.0445. The van der Waals surface area contributed by atoms with Crippen molar-refractivity contribution in [1.82, 2.24) is 4.90 Å². The van der Waals surface area contributed by atoms with Gasteiger partial charge in [-0.2, -0.15) is 0 Å². The molecule has 0 spiro atoms. The van der Waals surface area contributed by atoms with Gasteiger partial charge in [-0.1, -0.05) is 41.9 Å². The highest BCUT2D eigenvalue weighted by molar-refractivity contribution is 14.1. The molecule has 0 bridgehead atoms. The zero-order chi connectivity index (χ0) is 24.5. The number of imide groups is 1. The Balaban J connectivity index is 1.40. The van der Waals surface area contributed by atoms with Crippen LogP contribution in [-0.2, 0) is 17.9 Å². The molecule has 10 heteroatoms. The van der Waals surface area contributed by atoms with Crippen LogP contribution in [0.25, 0.3) is 6.08 Å².